The molecule has 0 saturated heterocycles. The van der Waals surface area contributed by atoms with E-state index in [1.807, 2.05) is 30.3 Å². The highest BCUT2D eigenvalue weighted by Crippen LogP contribution is 2.22. The SMILES string of the molecule is Nc1nn2cc(-c3ccncn3)cnc2c1C(=O)N(CCO)Cc1ccccc1. The van der Waals surface area contributed by atoms with E-state index >= 15 is 0 Å². The quantitative estimate of drug-likeness (QED) is 0.511. The van der Waals surface area contributed by atoms with Gasteiger partial charge in [0.2, 0.25) is 0 Å². The van der Waals surface area contributed by atoms with Crippen LogP contribution < -0.4 is 5.73 Å². The highest BCUT2D eigenvalue weighted by Gasteiger charge is 2.24. The third-order valence-corrected chi connectivity index (χ3v) is 4.46. The van der Waals surface area contributed by atoms with E-state index in [0.717, 1.165) is 11.1 Å². The molecule has 0 spiro atoms. The average molecular weight is 389 g/mol. The molecular formula is C20H19N7O2. The summed E-state index contributed by atoms with van der Waals surface area (Å²) in [5.41, 5.74) is 8.97. The first-order chi connectivity index (χ1) is 14.2. The molecule has 29 heavy (non-hydrogen) atoms. The van der Waals surface area contributed by atoms with E-state index in [4.69, 9.17) is 5.73 Å². The number of amides is 1. The van der Waals surface area contributed by atoms with Gasteiger partial charge in [0.1, 0.15) is 11.9 Å². The van der Waals surface area contributed by atoms with Crippen molar-refractivity contribution in [2.24, 2.45) is 0 Å². The normalized spacial score (nSPS) is 10.9. The van der Waals surface area contributed by atoms with Crippen LogP contribution >= 0.6 is 0 Å². The number of anilines is 1. The molecule has 0 aliphatic rings. The van der Waals surface area contributed by atoms with Gasteiger partial charge in [-0.2, -0.15) is 0 Å². The number of aliphatic hydroxyl groups is 1. The largest absolute Gasteiger partial charge is 0.395 e. The van der Waals surface area contributed by atoms with E-state index in [9.17, 15) is 9.90 Å². The van der Waals surface area contributed by atoms with Crippen molar-refractivity contribution in [2.75, 3.05) is 18.9 Å². The molecule has 3 aromatic heterocycles. The molecule has 4 rings (SSSR count). The molecular weight excluding hydrogens is 370 g/mol. The monoisotopic (exact) mass is 389 g/mol. The number of aliphatic hydroxyl groups excluding tert-OH is 1. The Hall–Kier alpha value is -3.85. The van der Waals surface area contributed by atoms with Crippen LogP contribution in [0.2, 0.25) is 0 Å². The molecule has 3 heterocycles. The fourth-order valence-corrected chi connectivity index (χ4v) is 3.09. The second-order valence-electron chi connectivity index (χ2n) is 6.40. The molecule has 146 valence electrons. The number of nitrogens with two attached hydrogens (primary N) is 1. The molecule has 0 unspecified atom stereocenters. The number of aromatic nitrogens is 5. The summed E-state index contributed by atoms with van der Waals surface area (Å²) in [7, 11) is 0. The lowest BCUT2D eigenvalue weighted by Crippen LogP contribution is -2.33. The molecule has 9 heteroatoms. The van der Waals surface area contributed by atoms with Crippen molar-refractivity contribution in [3.8, 4) is 11.3 Å². The zero-order chi connectivity index (χ0) is 20.2. The van der Waals surface area contributed by atoms with Crippen LogP contribution in [0.4, 0.5) is 5.82 Å². The van der Waals surface area contributed by atoms with Gasteiger partial charge in [0, 0.05) is 37.2 Å². The predicted molar refractivity (Wildman–Crippen MR) is 107 cm³/mol. The van der Waals surface area contributed by atoms with Gasteiger partial charge < -0.3 is 15.7 Å². The Kier molecular flexibility index (Phi) is 5.12. The number of fused-ring (bicyclic) bond motifs is 1. The van der Waals surface area contributed by atoms with Crippen molar-refractivity contribution in [1.29, 1.82) is 0 Å². The number of carbonyl (C=O) groups is 1. The van der Waals surface area contributed by atoms with E-state index in [1.54, 1.807) is 24.7 Å². The summed E-state index contributed by atoms with van der Waals surface area (Å²) in [4.78, 5) is 27.2. The molecule has 0 aliphatic heterocycles. The molecule has 1 aromatic carbocycles. The number of rotatable bonds is 6. The van der Waals surface area contributed by atoms with Gasteiger partial charge in [0.15, 0.2) is 11.5 Å². The van der Waals surface area contributed by atoms with Gasteiger partial charge in [-0.05, 0) is 11.6 Å². The average Bonchev–Trinajstić information content (AvgIpc) is 3.09. The molecule has 0 saturated carbocycles. The van der Waals surface area contributed by atoms with Crippen LogP contribution in [-0.2, 0) is 6.54 Å². The van der Waals surface area contributed by atoms with Gasteiger partial charge >= 0.3 is 0 Å². The third kappa shape index (κ3) is 3.76. The Morgan fingerprint density at radius 1 is 1.17 bits per heavy atom. The van der Waals surface area contributed by atoms with Gasteiger partial charge in [0.25, 0.3) is 5.91 Å². The first-order valence-electron chi connectivity index (χ1n) is 9.01. The second kappa shape index (κ2) is 8.03. The Morgan fingerprint density at radius 3 is 2.72 bits per heavy atom. The molecule has 0 bridgehead atoms. The third-order valence-electron chi connectivity index (χ3n) is 4.46. The minimum absolute atomic E-state index is 0.0818. The van der Waals surface area contributed by atoms with Crippen LogP contribution in [0, 0.1) is 0 Å². The maximum atomic E-state index is 13.2. The van der Waals surface area contributed by atoms with Crippen molar-refractivity contribution in [3.63, 3.8) is 0 Å². The number of benzene rings is 1. The minimum atomic E-state index is -0.335. The van der Waals surface area contributed by atoms with E-state index in [2.05, 4.69) is 20.1 Å². The Morgan fingerprint density at radius 2 is 2.00 bits per heavy atom. The van der Waals surface area contributed by atoms with Crippen molar-refractivity contribution in [2.45, 2.75) is 6.54 Å². The summed E-state index contributed by atoms with van der Waals surface area (Å²) in [6.07, 6.45) is 6.41. The van der Waals surface area contributed by atoms with Gasteiger partial charge in [-0.1, -0.05) is 30.3 Å². The molecule has 0 radical (unpaired) electrons. The van der Waals surface area contributed by atoms with Gasteiger partial charge in [0.05, 0.1) is 12.3 Å². The van der Waals surface area contributed by atoms with Gasteiger partial charge in [-0.15, -0.1) is 5.10 Å². The Balaban J connectivity index is 1.70. The second-order valence-corrected chi connectivity index (χ2v) is 6.40. The van der Waals surface area contributed by atoms with E-state index in [0.29, 0.717) is 17.9 Å². The Labute approximate surface area is 166 Å². The molecule has 0 atom stereocenters. The minimum Gasteiger partial charge on any atom is -0.395 e. The highest BCUT2D eigenvalue weighted by molar-refractivity contribution is 6.04. The number of nitrogen functional groups attached to an aromatic ring is 1. The molecule has 1 amide bonds. The molecule has 0 fully saturated rings. The lowest BCUT2D eigenvalue weighted by Gasteiger charge is -2.21. The molecule has 0 aliphatic carbocycles. The summed E-state index contributed by atoms with van der Waals surface area (Å²) < 4.78 is 1.47. The molecule has 4 aromatic rings. The molecule has 3 N–H and O–H groups in total. The first kappa shape index (κ1) is 18.5. The van der Waals surface area contributed by atoms with Crippen molar-refractivity contribution in [3.05, 3.63) is 72.4 Å². The first-order valence-corrected chi connectivity index (χ1v) is 9.01. The van der Waals surface area contributed by atoms with E-state index in [1.165, 1.54) is 15.7 Å². The number of carbonyl (C=O) groups excluding carboxylic acids is 1. The van der Waals surface area contributed by atoms with Crippen molar-refractivity contribution < 1.29 is 9.90 Å². The van der Waals surface area contributed by atoms with Crippen LogP contribution in [-0.4, -0.2) is 53.6 Å². The highest BCUT2D eigenvalue weighted by atomic mass is 16.3. The number of nitrogens with zero attached hydrogens (tertiary/aromatic N) is 6. The van der Waals surface area contributed by atoms with E-state index < -0.39 is 0 Å². The van der Waals surface area contributed by atoms with E-state index in [-0.39, 0.29) is 30.4 Å². The van der Waals surface area contributed by atoms with Crippen LogP contribution in [0.1, 0.15) is 15.9 Å². The molecule has 9 nitrogen and oxygen atoms in total. The van der Waals surface area contributed by atoms with Gasteiger partial charge in [-0.3, -0.25) is 4.79 Å². The maximum Gasteiger partial charge on any atom is 0.261 e. The summed E-state index contributed by atoms with van der Waals surface area (Å²) in [5.74, 6) is -0.254. The predicted octanol–water partition coefficient (Wildman–Crippen LogP) is 1.40. The van der Waals surface area contributed by atoms with Crippen molar-refractivity contribution >= 4 is 17.4 Å². The van der Waals surface area contributed by atoms with Crippen LogP contribution in [0.25, 0.3) is 16.9 Å². The lowest BCUT2D eigenvalue weighted by molar-refractivity contribution is 0.0710. The summed E-state index contributed by atoms with van der Waals surface area (Å²) in [6, 6.07) is 11.3. The standard InChI is InChI=1S/C20H19N7O2/c21-18-17(20(29)26(8-9-28)11-14-4-2-1-3-5-14)19-23-10-15(12-27(19)25-18)16-6-7-22-13-24-16/h1-7,10,12-13,28H,8-9,11H2,(H2,21,25). The fourth-order valence-electron chi connectivity index (χ4n) is 3.09. The maximum absolute atomic E-state index is 13.2. The van der Waals surface area contributed by atoms with Crippen LogP contribution in [0.5, 0.6) is 0 Å². The van der Waals surface area contributed by atoms with Crippen LogP contribution in [0.3, 0.4) is 0 Å². The lowest BCUT2D eigenvalue weighted by atomic mass is 10.2. The van der Waals surface area contributed by atoms with Gasteiger partial charge in [-0.25, -0.2) is 19.5 Å². The smallest absolute Gasteiger partial charge is 0.261 e. The number of hydrogen-bond acceptors (Lipinski definition) is 7. The number of hydrogen-bond donors (Lipinski definition) is 2. The zero-order valence-corrected chi connectivity index (χ0v) is 15.5. The zero-order valence-electron chi connectivity index (χ0n) is 15.5. The summed E-state index contributed by atoms with van der Waals surface area (Å²) >= 11 is 0. The summed E-state index contributed by atoms with van der Waals surface area (Å²) in [5, 5.41) is 13.7. The fraction of sp³-hybridized carbons (Fsp3) is 0.150. The Bertz CT molecular complexity index is 1130. The van der Waals surface area contributed by atoms with Crippen LogP contribution in [0.15, 0.2) is 61.3 Å². The van der Waals surface area contributed by atoms with Crippen molar-refractivity contribution in [1.82, 2.24) is 29.5 Å². The summed E-state index contributed by atoms with van der Waals surface area (Å²) in [6.45, 7) is 0.350. The topological polar surface area (TPSA) is 123 Å².